The summed E-state index contributed by atoms with van der Waals surface area (Å²) < 4.78 is 5.20. The van der Waals surface area contributed by atoms with E-state index < -0.39 is 12.1 Å². The predicted octanol–water partition coefficient (Wildman–Crippen LogP) is 2.58. The third-order valence-corrected chi connectivity index (χ3v) is 4.62. The summed E-state index contributed by atoms with van der Waals surface area (Å²) >= 11 is 0. The Morgan fingerprint density at radius 1 is 1.11 bits per heavy atom. The molecule has 4 amide bonds. The van der Waals surface area contributed by atoms with Crippen molar-refractivity contribution >= 4 is 23.5 Å². The van der Waals surface area contributed by atoms with Crippen LogP contribution in [0.25, 0.3) is 0 Å². The zero-order valence-electron chi connectivity index (χ0n) is 15.7. The lowest BCUT2D eigenvalue weighted by Gasteiger charge is -2.13. The van der Waals surface area contributed by atoms with Gasteiger partial charge in [-0.2, -0.15) is 0 Å². The maximum absolute atomic E-state index is 12.5. The van der Waals surface area contributed by atoms with E-state index in [0.29, 0.717) is 24.4 Å². The van der Waals surface area contributed by atoms with Gasteiger partial charge in [0.15, 0.2) is 0 Å². The van der Waals surface area contributed by atoms with Crippen LogP contribution in [0.5, 0.6) is 5.75 Å². The first-order chi connectivity index (χ1) is 13.6. The number of nitrogens with one attached hydrogen (secondary N) is 2. The minimum atomic E-state index is -0.674. The van der Waals surface area contributed by atoms with Gasteiger partial charge < -0.3 is 15.4 Å². The standard InChI is InChI=1S/C21H23N3O4/c1-28-18-10-6-5-9-16(18)22-19(25)12-11-17-20(26)24(21(27)23-17)14-13-15-7-3-2-4-8-15/h2-10,17H,11-14H2,1H3,(H,22,25)(H,23,27). The fraction of sp³-hybridized carbons (Fsp3) is 0.286. The van der Waals surface area contributed by atoms with Gasteiger partial charge in [0.25, 0.3) is 5.91 Å². The van der Waals surface area contributed by atoms with E-state index in [1.807, 2.05) is 36.4 Å². The van der Waals surface area contributed by atoms with E-state index in [0.717, 1.165) is 5.56 Å². The average molecular weight is 381 g/mol. The number of amides is 4. The van der Waals surface area contributed by atoms with Crippen molar-refractivity contribution < 1.29 is 19.1 Å². The van der Waals surface area contributed by atoms with E-state index in [1.54, 1.807) is 18.2 Å². The lowest BCUT2D eigenvalue weighted by atomic mass is 10.1. The van der Waals surface area contributed by atoms with Gasteiger partial charge in [-0.1, -0.05) is 42.5 Å². The van der Waals surface area contributed by atoms with Crippen LogP contribution in [-0.2, 0) is 16.0 Å². The van der Waals surface area contributed by atoms with Crippen molar-refractivity contribution in [1.82, 2.24) is 10.2 Å². The lowest BCUT2D eigenvalue weighted by Crippen LogP contribution is -2.33. The van der Waals surface area contributed by atoms with Gasteiger partial charge >= 0.3 is 6.03 Å². The molecule has 2 aromatic rings. The summed E-state index contributed by atoms with van der Waals surface area (Å²) in [4.78, 5) is 38.0. The number of hydrogen-bond donors (Lipinski definition) is 2. The lowest BCUT2D eigenvalue weighted by molar-refractivity contribution is -0.127. The Balaban J connectivity index is 1.50. The molecular formula is C21H23N3O4. The highest BCUT2D eigenvalue weighted by molar-refractivity contribution is 6.04. The van der Waals surface area contributed by atoms with Gasteiger partial charge in [-0.15, -0.1) is 0 Å². The number of methoxy groups -OCH3 is 1. The average Bonchev–Trinajstić information content (AvgIpc) is 2.99. The fourth-order valence-corrected chi connectivity index (χ4v) is 3.11. The maximum Gasteiger partial charge on any atom is 0.324 e. The van der Waals surface area contributed by atoms with Crippen molar-refractivity contribution in [3.8, 4) is 5.75 Å². The molecule has 0 radical (unpaired) electrons. The number of benzene rings is 2. The highest BCUT2D eigenvalue weighted by atomic mass is 16.5. The molecule has 146 valence electrons. The molecule has 1 fully saturated rings. The van der Waals surface area contributed by atoms with E-state index in [4.69, 9.17) is 4.74 Å². The summed E-state index contributed by atoms with van der Waals surface area (Å²) in [5, 5.41) is 5.43. The topological polar surface area (TPSA) is 87.7 Å². The van der Waals surface area contributed by atoms with Crippen LogP contribution in [0.4, 0.5) is 10.5 Å². The molecule has 1 unspecified atom stereocenters. The Morgan fingerprint density at radius 2 is 1.82 bits per heavy atom. The van der Waals surface area contributed by atoms with Gasteiger partial charge in [0, 0.05) is 13.0 Å². The Bertz CT molecular complexity index is 854. The van der Waals surface area contributed by atoms with E-state index in [-0.39, 0.29) is 24.7 Å². The van der Waals surface area contributed by atoms with Crippen LogP contribution in [0.3, 0.4) is 0 Å². The van der Waals surface area contributed by atoms with Crippen LogP contribution in [-0.4, -0.2) is 42.4 Å². The van der Waals surface area contributed by atoms with Crippen molar-refractivity contribution in [2.45, 2.75) is 25.3 Å². The predicted molar refractivity (Wildman–Crippen MR) is 105 cm³/mol. The summed E-state index contributed by atoms with van der Waals surface area (Å²) in [6, 6.07) is 15.7. The quantitative estimate of drug-likeness (QED) is 0.688. The van der Waals surface area contributed by atoms with Crippen molar-refractivity contribution in [2.75, 3.05) is 19.0 Å². The molecule has 1 aliphatic heterocycles. The molecule has 3 rings (SSSR count). The van der Waals surface area contributed by atoms with Crippen LogP contribution in [0.2, 0.25) is 0 Å². The number of nitrogens with zero attached hydrogens (tertiary/aromatic N) is 1. The van der Waals surface area contributed by atoms with Gasteiger partial charge in [0.05, 0.1) is 12.8 Å². The van der Waals surface area contributed by atoms with Gasteiger partial charge in [-0.05, 0) is 30.5 Å². The molecule has 2 N–H and O–H groups in total. The van der Waals surface area contributed by atoms with Crippen LogP contribution in [0.1, 0.15) is 18.4 Å². The third-order valence-electron chi connectivity index (χ3n) is 4.62. The summed E-state index contributed by atoms with van der Waals surface area (Å²) in [6.07, 6.45) is 0.954. The molecule has 1 aliphatic rings. The van der Waals surface area contributed by atoms with Gasteiger partial charge in [0.1, 0.15) is 11.8 Å². The van der Waals surface area contributed by atoms with E-state index >= 15 is 0 Å². The Hall–Kier alpha value is -3.35. The number of rotatable bonds is 8. The molecule has 1 saturated heterocycles. The van der Waals surface area contributed by atoms with E-state index in [2.05, 4.69) is 10.6 Å². The second kappa shape index (κ2) is 9.03. The SMILES string of the molecule is COc1ccccc1NC(=O)CCC1NC(=O)N(CCc2ccccc2)C1=O. The Labute approximate surface area is 163 Å². The summed E-state index contributed by atoms with van der Waals surface area (Å²) in [5.74, 6) is 0.0356. The number of imide groups is 1. The minimum absolute atomic E-state index is 0.112. The first-order valence-electron chi connectivity index (χ1n) is 9.17. The molecule has 0 saturated carbocycles. The maximum atomic E-state index is 12.5. The number of para-hydroxylation sites is 2. The van der Waals surface area contributed by atoms with Gasteiger partial charge in [0.2, 0.25) is 5.91 Å². The largest absolute Gasteiger partial charge is 0.495 e. The first-order valence-corrected chi connectivity index (χ1v) is 9.17. The zero-order valence-corrected chi connectivity index (χ0v) is 15.7. The molecule has 0 bridgehead atoms. The zero-order chi connectivity index (χ0) is 19.9. The van der Waals surface area contributed by atoms with Gasteiger partial charge in [-0.3, -0.25) is 14.5 Å². The number of urea groups is 1. The Morgan fingerprint density at radius 3 is 2.57 bits per heavy atom. The van der Waals surface area contributed by atoms with Gasteiger partial charge in [-0.25, -0.2) is 4.79 Å². The van der Waals surface area contributed by atoms with E-state index in [1.165, 1.54) is 12.0 Å². The number of carbonyl (C=O) groups is 3. The van der Waals surface area contributed by atoms with Crippen LogP contribution < -0.4 is 15.4 Å². The molecule has 0 aromatic heterocycles. The molecule has 1 heterocycles. The normalized spacial score (nSPS) is 16.0. The van der Waals surface area contributed by atoms with Crippen molar-refractivity contribution in [3.05, 3.63) is 60.2 Å². The number of ether oxygens (including phenoxy) is 1. The second-order valence-electron chi connectivity index (χ2n) is 6.51. The van der Waals surface area contributed by atoms with Crippen LogP contribution >= 0.6 is 0 Å². The highest BCUT2D eigenvalue weighted by Gasteiger charge is 2.37. The molecule has 7 nitrogen and oxygen atoms in total. The molecule has 7 heteroatoms. The smallest absolute Gasteiger partial charge is 0.324 e. The van der Waals surface area contributed by atoms with E-state index in [9.17, 15) is 14.4 Å². The third kappa shape index (κ3) is 4.68. The molecule has 2 aromatic carbocycles. The summed E-state index contributed by atoms with van der Waals surface area (Å²) in [6.45, 7) is 0.318. The minimum Gasteiger partial charge on any atom is -0.495 e. The molecule has 0 aliphatic carbocycles. The van der Waals surface area contributed by atoms with Crippen LogP contribution in [0, 0.1) is 0 Å². The second-order valence-corrected chi connectivity index (χ2v) is 6.51. The highest BCUT2D eigenvalue weighted by Crippen LogP contribution is 2.23. The first kappa shape index (κ1) is 19.4. The molecule has 1 atom stereocenters. The fourth-order valence-electron chi connectivity index (χ4n) is 3.11. The summed E-state index contributed by atoms with van der Waals surface area (Å²) in [5.41, 5.74) is 1.63. The molecular weight excluding hydrogens is 358 g/mol. The van der Waals surface area contributed by atoms with Crippen molar-refractivity contribution in [1.29, 1.82) is 0 Å². The van der Waals surface area contributed by atoms with Crippen LogP contribution in [0.15, 0.2) is 54.6 Å². The number of carbonyl (C=O) groups excluding carboxylic acids is 3. The number of hydrogen-bond acceptors (Lipinski definition) is 4. The molecule has 0 spiro atoms. The molecule has 28 heavy (non-hydrogen) atoms. The summed E-state index contributed by atoms with van der Waals surface area (Å²) in [7, 11) is 1.53. The van der Waals surface area contributed by atoms with Crippen molar-refractivity contribution in [3.63, 3.8) is 0 Å². The number of anilines is 1. The van der Waals surface area contributed by atoms with Crippen molar-refractivity contribution in [2.24, 2.45) is 0 Å². The Kier molecular flexibility index (Phi) is 6.26. The monoisotopic (exact) mass is 381 g/mol.